The van der Waals surface area contributed by atoms with Crippen LogP contribution >= 0.6 is 0 Å². The van der Waals surface area contributed by atoms with Crippen molar-refractivity contribution in [3.8, 4) is 5.75 Å². The lowest BCUT2D eigenvalue weighted by Gasteiger charge is -2.26. The minimum atomic E-state index is 0.134. The van der Waals surface area contributed by atoms with Gasteiger partial charge in [-0.1, -0.05) is 37.3 Å². The first-order chi connectivity index (χ1) is 16.2. The van der Waals surface area contributed by atoms with Gasteiger partial charge in [0.25, 0.3) is 0 Å². The SMILES string of the molecule is CC[C@@H](C)Oc1ccccc1/C=N\Nc1nc(Nc2ccccc2)nc(N2CCCCC2)n1. The molecule has 2 aromatic carbocycles. The number of nitrogens with zero attached hydrogens (tertiary/aromatic N) is 5. The number of para-hydroxylation sites is 2. The van der Waals surface area contributed by atoms with Crippen molar-refractivity contribution in [3.63, 3.8) is 0 Å². The molecule has 0 saturated carbocycles. The maximum atomic E-state index is 6.00. The molecule has 0 unspecified atom stereocenters. The van der Waals surface area contributed by atoms with E-state index in [1.54, 1.807) is 6.21 Å². The predicted molar refractivity (Wildman–Crippen MR) is 134 cm³/mol. The molecule has 4 rings (SSSR count). The van der Waals surface area contributed by atoms with Gasteiger partial charge in [0.2, 0.25) is 17.8 Å². The van der Waals surface area contributed by atoms with Crippen LogP contribution in [-0.4, -0.2) is 40.4 Å². The van der Waals surface area contributed by atoms with Crippen LogP contribution in [0.5, 0.6) is 5.75 Å². The Balaban J connectivity index is 1.54. The first kappa shape index (κ1) is 22.5. The van der Waals surface area contributed by atoms with Gasteiger partial charge in [-0.3, -0.25) is 0 Å². The van der Waals surface area contributed by atoms with Crippen molar-refractivity contribution in [2.24, 2.45) is 5.10 Å². The maximum absolute atomic E-state index is 6.00. The molecule has 1 atom stereocenters. The highest BCUT2D eigenvalue weighted by Crippen LogP contribution is 2.21. The lowest BCUT2D eigenvalue weighted by atomic mass is 10.1. The van der Waals surface area contributed by atoms with Crippen LogP contribution in [0.2, 0.25) is 0 Å². The van der Waals surface area contributed by atoms with Crippen LogP contribution in [0, 0.1) is 0 Å². The summed E-state index contributed by atoms with van der Waals surface area (Å²) in [6, 6.07) is 17.7. The average molecular weight is 446 g/mol. The molecule has 0 spiro atoms. The number of benzene rings is 2. The zero-order valence-corrected chi connectivity index (χ0v) is 19.2. The third kappa shape index (κ3) is 6.41. The lowest BCUT2D eigenvalue weighted by molar-refractivity contribution is 0.217. The molecule has 172 valence electrons. The summed E-state index contributed by atoms with van der Waals surface area (Å²) in [4.78, 5) is 16.0. The smallest absolute Gasteiger partial charge is 0.250 e. The molecule has 0 radical (unpaired) electrons. The fourth-order valence-corrected chi connectivity index (χ4v) is 3.51. The largest absolute Gasteiger partial charge is 0.490 e. The quantitative estimate of drug-likeness (QED) is 0.344. The molecule has 1 aliphatic rings. The molecule has 1 aliphatic heterocycles. The molecule has 2 heterocycles. The van der Waals surface area contributed by atoms with E-state index < -0.39 is 0 Å². The van der Waals surface area contributed by atoms with Gasteiger partial charge in [0.1, 0.15) is 5.75 Å². The number of nitrogens with one attached hydrogen (secondary N) is 2. The van der Waals surface area contributed by atoms with E-state index >= 15 is 0 Å². The number of rotatable bonds is 9. The van der Waals surface area contributed by atoms with Crippen LogP contribution in [0.4, 0.5) is 23.5 Å². The number of hydrazone groups is 1. The summed E-state index contributed by atoms with van der Waals surface area (Å²) in [6.07, 6.45) is 6.32. The van der Waals surface area contributed by atoms with E-state index in [0.29, 0.717) is 17.8 Å². The summed E-state index contributed by atoms with van der Waals surface area (Å²) in [5, 5.41) is 7.65. The second-order valence-electron chi connectivity index (χ2n) is 8.07. The summed E-state index contributed by atoms with van der Waals surface area (Å²) >= 11 is 0. The van der Waals surface area contributed by atoms with Gasteiger partial charge in [-0.15, -0.1) is 0 Å². The first-order valence-corrected chi connectivity index (χ1v) is 11.6. The maximum Gasteiger partial charge on any atom is 0.250 e. The van der Waals surface area contributed by atoms with Gasteiger partial charge >= 0.3 is 0 Å². The Morgan fingerprint density at radius 2 is 1.70 bits per heavy atom. The van der Waals surface area contributed by atoms with Crippen molar-refractivity contribution < 1.29 is 4.74 Å². The molecule has 8 nitrogen and oxygen atoms in total. The molecule has 0 amide bonds. The molecule has 0 bridgehead atoms. The minimum absolute atomic E-state index is 0.134. The number of ether oxygens (including phenoxy) is 1. The summed E-state index contributed by atoms with van der Waals surface area (Å²) in [7, 11) is 0. The molecule has 2 N–H and O–H groups in total. The predicted octanol–water partition coefficient (Wildman–Crippen LogP) is 5.23. The Hall–Kier alpha value is -3.68. The Morgan fingerprint density at radius 3 is 2.48 bits per heavy atom. The third-order valence-electron chi connectivity index (χ3n) is 5.48. The zero-order chi connectivity index (χ0) is 22.9. The van der Waals surface area contributed by atoms with Gasteiger partial charge in [0, 0.05) is 24.3 Å². The standard InChI is InChI=1S/C25H31N7O/c1-3-19(2)33-22-15-9-8-12-20(22)18-26-31-24-28-23(27-21-13-6-4-7-14-21)29-25(30-24)32-16-10-5-11-17-32/h4,6-9,12-15,18-19H,3,5,10-11,16-17H2,1-2H3,(H2,27,28,29,30,31)/b26-18-/t19-/m1/s1. The number of hydrogen-bond donors (Lipinski definition) is 2. The van der Waals surface area contributed by atoms with Crippen molar-refractivity contribution in [2.75, 3.05) is 28.7 Å². The molecule has 8 heteroatoms. The van der Waals surface area contributed by atoms with E-state index in [1.807, 2.05) is 54.6 Å². The van der Waals surface area contributed by atoms with Crippen LogP contribution in [0.1, 0.15) is 45.1 Å². The first-order valence-electron chi connectivity index (χ1n) is 11.6. The van der Waals surface area contributed by atoms with E-state index in [0.717, 1.165) is 49.4 Å². The second-order valence-corrected chi connectivity index (χ2v) is 8.07. The van der Waals surface area contributed by atoms with Crippen molar-refractivity contribution >= 4 is 29.7 Å². The molecule has 3 aromatic rings. The number of aromatic nitrogens is 3. The summed E-state index contributed by atoms with van der Waals surface area (Å²) in [6.45, 7) is 6.04. The summed E-state index contributed by atoms with van der Waals surface area (Å²) in [5.74, 6) is 2.32. The molecular weight excluding hydrogens is 414 g/mol. The van der Waals surface area contributed by atoms with E-state index in [9.17, 15) is 0 Å². The van der Waals surface area contributed by atoms with Crippen molar-refractivity contribution in [3.05, 3.63) is 60.2 Å². The van der Waals surface area contributed by atoms with E-state index in [4.69, 9.17) is 4.74 Å². The highest BCUT2D eigenvalue weighted by atomic mass is 16.5. The fraction of sp³-hybridized carbons (Fsp3) is 0.360. The van der Waals surface area contributed by atoms with Gasteiger partial charge in [-0.2, -0.15) is 20.1 Å². The fourth-order valence-electron chi connectivity index (χ4n) is 3.51. The third-order valence-corrected chi connectivity index (χ3v) is 5.48. The Bertz CT molecular complexity index is 1050. The average Bonchev–Trinajstić information content (AvgIpc) is 2.86. The number of hydrogen-bond acceptors (Lipinski definition) is 8. The number of piperidine rings is 1. The highest BCUT2D eigenvalue weighted by Gasteiger charge is 2.16. The van der Waals surface area contributed by atoms with Crippen LogP contribution in [0.3, 0.4) is 0 Å². The van der Waals surface area contributed by atoms with Crippen molar-refractivity contribution in [1.29, 1.82) is 0 Å². The molecule has 1 aromatic heterocycles. The Morgan fingerprint density at radius 1 is 0.970 bits per heavy atom. The molecule has 0 aliphatic carbocycles. The summed E-state index contributed by atoms with van der Waals surface area (Å²) in [5.41, 5.74) is 4.78. The zero-order valence-electron chi connectivity index (χ0n) is 19.2. The van der Waals surface area contributed by atoms with Crippen LogP contribution < -0.4 is 20.4 Å². The monoisotopic (exact) mass is 445 g/mol. The van der Waals surface area contributed by atoms with Gasteiger partial charge in [-0.25, -0.2) is 5.43 Å². The van der Waals surface area contributed by atoms with Crippen LogP contribution in [0.25, 0.3) is 0 Å². The van der Waals surface area contributed by atoms with Gasteiger partial charge in [0.15, 0.2) is 0 Å². The molecule has 33 heavy (non-hydrogen) atoms. The topological polar surface area (TPSA) is 87.6 Å². The normalized spacial score (nSPS) is 14.8. The van der Waals surface area contributed by atoms with E-state index in [-0.39, 0.29) is 6.10 Å². The number of anilines is 4. The Kier molecular flexibility index (Phi) is 7.68. The molecular formula is C25H31N7O. The van der Waals surface area contributed by atoms with Gasteiger partial charge in [0.05, 0.1) is 12.3 Å². The van der Waals surface area contributed by atoms with Crippen molar-refractivity contribution in [1.82, 2.24) is 15.0 Å². The summed E-state index contributed by atoms with van der Waals surface area (Å²) < 4.78 is 6.00. The molecule has 1 fully saturated rings. The Labute approximate surface area is 195 Å². The van der Waals surface area contributed by atoms with Crippen LogP contribution in [-0.2, 0) is 0 Å². The van der Waals surface area contributed by atoms with Gasteiger partial charge < -0.3 is 15.0 Å². The highest BCUT2D eigenvalue weighted by molar-refractivity contribution is 5.83. The van der Waals surface area contributed by atoms with E-state index in [1.165, 1.54) is 6.42 Å². The molecule has 1 saturated heterocycles. The van der Waals surface area contributed by atoms with Crippen molar-refractivity contribution in [2.45, 2.75) is 45.6 Å². The second kappa shape index (κ2) is 11.3. The lowest BCUT2D eigenvalue weighted by Crippen LogP contribution is -2.31. The van der Waals surface area contributed by atoms with Gasteiger partial charge in [-0.05, 0) is 56.9 Å². The minimum Gasteiger partial charge on any atom is -0.490 e. The van der Waals surface area contributed by atoms with Crippen LogP contribution in [0.15, 0.2) is 59.7 Å². The van der Waals surface area contributed by atoms with E-state index in [2.05, 4.69) is 49.5 Å².